The topological polar surface area (TPSA) is 54.3 Å². The summed E-state index contributed by atoms with van der Waals surface area (Å²) in [7, 11) is 5.53. The van der Waals surface area contributed by atoms with Gasteiger partial charge in [0.05, 0.1) is 29.4 Å². The number of rotatable bonds is 9. The minimum Gasteiger partial charge on any atom is -0.302 e. The van der Waals surface area contributed by atoms with E-state index in [0.29, 0.717) is 31.3 Å². The second-order valence-electron chi connectivity index (χ2n) is 8.13. The zero-order chi connectivity index (χ0) is 25.0. The molecule has 0 N–H and O–H groups in total. The third-order valence-corrected chi connectivity index (χ3v) is 5.36. The number of likely N-dealkylation sites (N-methyl/N-ethyl adjacent to an activating group) is 1. The first-order valence-electron chi connectivity index (χ1n) is 10.4. The van der Waals surface area contributed by atoms with Crippen molar-refractivity contribution in [3.8, 4) is 5.69 Å². The number of hydrogen-bond donors (Lipinski definition) is 0. The van der Waals surface area contributed by atoms with Crippen molar-refractivity contribution in [1.29, 1.82) is 0 Å². The standard InChI is InChI=1S/C24H25ClF3N5O/c1-5-12-32(4)15-22-30-29-21(14-31(2)3)33(22)20-11-10-16(24(26,27)28)13-18(20)23(34)17-8-6-7-9-19(17)25/h5-11,13H,1,12,14-15H2,2-4H3. The lowest BCUT2D eigenvalue weighted by atomic mass is 9.98. The van der Waals surface area contributed by atoms with Gasteiger partial charge in [-0.3, -0.25) is 14.3 Å². The fraction of sp³-hybridized carbons (Fsp3) is 0.292. The first kappa shape index (κ1) is 25.6. The SMILES string of the molecule is C=CCN(C)Cc1nnc(CN(C)C)n1-c1ccc(C(F)(F)F)cc1C(=O)c1ccccc1Cl. The molecule has 0 bridgehead atoms. The Morgan fingerprint density at radius 1 is 1.06 bits per heavy atom. The molecule has 34 heavy (non-hydrogen) atoms. The minimum atomic E-state index is -4.62. The molecular formula is C24H25ClF3N5O. The second kappa shape index (κ2) is 10.5. The fourth-order valence-electron chi connectivity index (χ4n) is 3.53. The van der Waals surface area contributed by atoms with E-state index in [2.05, 4.69) is 16.8 Å². The van der Waals surface area contributed by atoms with Gasteiger partial charge in [-0.1, -0.05) is 29.8 Å². The van der Waals surface area contributed by atoms with Crippen LogP contribution in [0.15, 0.2) is 55.1 Å². The van der Waals surface area contributed by atoms with Gasteiger partial charge in [0.2, 0.25) is 0 Å². The predicted molar refractivity (Wildman–Crippen MR) is 125 cm³/mol. The summed E-state index contributed by atoms with van der Waals surface area (Å²) in [5.41, 5.74) is -0.714. The van der Waals surface area contributed by atoms with Crippen LogP contribution in [0.2, 0.25) is 5.02 Å². The molecule has 3 aromatic rings. The summed E-state index contributed by atoms with van der Waals surface area (Å²) in [6, 6.07) is 9.36. The zero-order valence-electron chi connectivity index (χ0n) is 19.1. The summed E-state index contributed by atoms with van der Waals surface area (Å²) in [6.45, 7) is 4.99. The lowest BCUT2D eigenvalue weighted by molar-refractivity contribution is -0.137. The smallest absolute Gasteiger partial charge is 0.302 e. The maximum Gasteiger partial charge on any atom is 0.416 e. The van der Waals surface area contributed by atoms with Gasteiger partial charge in [0.25, 0.3) is 0 Å². The largest absolute Gasteiger partial charge is 0.416 e. The molecule has 10 heteroatoms. The summed E-state index contributed by atoms with van der Waals surface area (Å²) >= 11 is 6.21. The molecule has 180 valence electrons. The summed E-state index contributed by atoms with van der Waals surface area (Å²) in [5, 5.41) is 8.70. The molecule has 0 aliphatic carbocycles. The van der Waals surface area contributed by atoms with Crippen LogP contribution in [0, 0.1) is 0 Å². The number of ketones is 1. The third kappa shape index (κ3) is 5.72. The summed E-state index contributed by atoms with van der Waals surface area (Å²) < 4.78 is 42.4. The number of carbonyl (C=O) groups excluding carboxylic acids is 1. The van der Waals surface area contributed by atoms with Crippen molar-refractivity contribution in [2.24, 2.45) is 0 Å². The van der Waals surface area contributed by atoms with Crippen LogP contribution in [0.5, 0.6) is 0 Å². The Balaban J connectivity index is 2.26. The molecule has 0 spiro atoms. The van der Waals surface area contributed by atoms with Gasteiger partial charge in [-0.15, -0.1) is 16.8 Å². The van der Waals surface area contributed by atoms with Crippen molar-refractivity contribution < 1.29 is 18.0 Å². The van der Waals surface area contributed by atoms with Gasteiger partial charge in [0.15, 0.2) is 17.4 Å². The molecule has 0 amide bonds. The van der Waals surface area contributed by atoms with Gasteiger partial charge in [-0.2, -0.15) is 13.2 Å². The van der Waals surface area contributed by atoms with Gasteiger partial charge in [0, 0.05) is 17.7 Å². The van der Waals surface area contributed by atoms with Gasteiger partial charge in [-0.25, -0.2) is 0 Å². The zero-order valence-corrected chi connectivity index (χ0v) is 19.9. The normalized spacial score (nSPS) is 11.9. The fourth-order valence-corrected chi connectivity index (χ4v) is 3.75. The first-order chi connectivity index (χ1) is 16.0. The van der Waals surface area contributed by atoms with E-state index in [1.54, 1.807) is 22.8 Å². The van der Waals surface area contributed by atoms with E-state index in [4.69, 9.17) is 11.6 Å². The molecule has 2 aromatic carbocycles. The lowest BCUT2D eigenvalue weighted by Crippen LogP contribution is -2.23. The van der Waals surface area contributed by atoms with E-state index >= 15 is 0 Å². The van der Waals surface area contributed by atoms with E-state index in [1.807, 2.05) is 30.9 Å². The number of nitrogens with zero attached hydrogens (tertiary/aromatic N) is 5. The number of aromatic nitrogens is 3. The monoisotopic (exact) mass is 491 g/mol. The molecular weight excluding hydrogens is 467 g/mol. The van der Waals surface area contributed by atoms with Crippen LogP contribution in [-0.4, -0.2) is 58.0 Å². The number of hydrogen-bond acceptors (Lipinski definition) is 5. The summed E-state index contributed by atoms with van der Waals surface area (Å²) in [5.74, 6) is 0.343. The van der Waals surface area contributed by atoms with Crippen LogP contribution in [0.25, 0.3) is 5.69 Å². The van der Waals surface area contributed by atoms with E-state index in [-0.39, 0.29) is 21.8 Å². The van der Waals surface area contributed by atoms with Gasteiger partial charge < -0.3 is 4.90 Å². The van der Waals surface area contributed by atoms with Crippen molar-refractivity contribution in [2.75, 3.05) is 27.7 Å². The highest BCUT2D eigenvalue weighted by Crippen LogP contribution is 2.33. The number of carbonyl (C=O) groups is 1. The molecule has 0 unspecified atom stereocenters. The molecule has 0 radical (unpaired) electrons. The number of halogens is 4. The molecule has 0 fully saturated rings. The Labute approximate surface area is 201 Å². The van der Waals surface area contributed by atoms with Crippen molar-refractivity contribution in [3.05, 3.63) is 88.5 Å². The highest BCUT2D eigenvalue weighted by Gasteiger charge is 2.33. The molecule has 0 saturated heterocycles. The molecule has 6 nitrogen and oxygen atoms in total. The van der Waals surface area contributed by atoms with Crippen LogP contribution in [0.1, 0.15) is 33.1 Å². The lowest BCUT2D eigenvalue weighted by Gasteiger charge is -2.20. The van der Waals surface area contributed by atoms with Crippen LogP contribution >= 0.6 is 11.6 Å². The highest BCUT2D eigenvalue weighted by molar-refractivity contribution is 6.35. The second-order valence-corrected chi connectivity index (χ2v) is 8.54. The molecule has 0 aliphatic rings. The summed E-state index contributed by atoms with van der Waals surface area (Å²) in [4.78, 5) is 17.3. The Morgan fingerprint density at radius 3 is 2.29 bits per heavy atom. The van der Waals surface area contributed by atoms with Crippen molar-refractivity contribution in [3.63, 3.8) is 0 Å². The number of alkyl halides is 3. The van der Waals surface area contributed by atoms with Crippen LogP contribution < -0.4 is 0 Å². The van der Waals surface area contributed by atoms with Crippen LogP contribution in [0.3, 0.4) is 0 Å². The van der Waals surface area contributed by atoms with E-state index in [1.165, 1.54) is 18.2 Å². The van der Waals surface area contributed by atoms with Gasteiger partial charge in [-0.05, 0) is 51.5 Å². The molecule has 0 aliphatic heterocycles. The average Bonchev–Trinajstić information content (AvgIpc) is 3.13. The Kier molecular flexibility index (Phi) is 7.91. The number of benzene rings is 2. The Bertz CT molecular complexity index is 1190. The first-order valence-corrected chi connectivity index (χ1v) is 10.8. The quantitative estimate of drug-likeness (QED) is 0.316. The van der Waals surface area contributed by atoms with Crippen molar-refractivity contribution in [1.82, 2.24) is 24.6 Å². The van der Waals surface area contributed by atoms with Crippen molar-refractivity contribution in [2.45, 2.75) is 19.3 Å². The predicted octanol–water partition coefficient (Wildman–Crippen LogP) is 4.85. The van der Waals surface area contributed by atoms with Crippen LogP contribution in [0.4, 0.5) is 13.2 Å². The van der Waals surface area contributed by atoms with Crippen molar-refractivity contribution >= 4 is 17.4 Å². The maximum atomic E-state index is 13.6. The van der Waals surface area contributed by atoms with E-state index in [9.17, 15) is 18.0 Å². The van der Waals surface area contributed by atoms with Crippen LogP contribution in [-0.2, 0) is 19.3 Å². The van der Waals surface area contributed by atoms with E-state index in [0.717, 1.165) is 12.1 Å². The summed E-state index contributed by atoms with van der Waals surface area (Å²) in [6.07, 6.45) is -2.90. The highest BCUT2D eigenvalue weighted by atomic mass is 35.5. The minimum absolute atomic E-state index is 0.109. The Hall–Kier alpha value is -3.01. The average molecular weight is 492 g/mol. The third-order valence-electron chi connectivity index (χ3n) is 5.03. The molecule has 1 heterocycles. The van der Waals surface area contributed by atoms with Gasteiger partial charge in [0.1, 0.15) is 0 Å². The van der Waals surface area contributed by atoms with E-state index < -0.39 is 17.5 Å². The molecule has 0 saturated carbocycles. The Morgan fingerprint density at radius 2 is 1.71 bits per heavy atom. The van der Waals surface area contributed by atoms with Gasteiger partial charge >= 0.3 is 6.18 Å². The maximum absolute atomic E-state index is 13.6. The molecule has 0 atom stereocenters. The molecule has 1 aromatic heterocycles. The molecule has 3 rings (SSSR count).